The monoisotopic (exact) mass is 435 g/mol. The highest BCUT2D eigenvalue weighted by Gasteiger charge is 2.38. The molecule has 1 saturated heterocycles. The molecule has 0 saturated carbocycles. The van der Waals surface area contributed by atoms with Crippen molar-refractivity contribution in [2.75, 3.05) is 19.6 Å². The number of aromatic nitrogens is 2. The minimum absolute atomic E-state index is 0.000492. The zero-order valence-electron chi connectivity index (χ0n) is 18.4. The van der Waals surface area contributed by atoms with E-state index in [9.17, 15) is 14.5 Å². The lowest BCUT2D eigenvalue weighted by Crippen LogP contribution is -2.52. The highest BCUT2D eigenvalue weighted by atomic mass is 16.3. The van der Waals surface area contributed by atoms with Gasteiger partial charge in [0, 0.05) is 18.8 Å². The third-order valence-electron chi connectivity index (χ3n) is 6.40. The summed E-state index contributed by atoms with van der Waals surface area (Å²) in [6, 6.07) is 0. The van der Waals surface area contributed by atoms with Crippen LogP contribution in [0.15, 0.2) is 51.9 Å². The lowest BCUT2D eigenvalue weighted by Gasteiger charge is -2.37. The largest absolute Gasteiger partial charge is 0.376 e. The number of carbonyl (C=O) groups excluding carboxylic acids is 1. The van der Waals surface area contributed by atoms with Gasteiger partial charge in [-0.05, 0) is 51.2 Å². The molecule has 1 N–H and O–H groups in total. The maximum Gasteiger partial charge on any atom is 0.261 e. The van der Waals surface area contributed by atoms with Crippen molar-refractivity contribution in [3.8, 4) is 0 Å². The van der Waals surface area contributed by atoms with E-state index in [1.165, 1.54) is 10.9 Å². The molecule has 0 atom stereocenters. The summed E-state index contributed by atoms with van der Waals surface area (Å²) in [6.45, 7) is 3.29. The fourth-order valence-electron chi connectivity index (χ4n) is 4.30. The molecule has 0 spiro atoms. The van der Waals surface area contributed by atoms with Crippen LogP contribution in [-0.4, -0.2) is 45.5 Å². The average molecular weight is 436 g/mol. The molecule has 1 aromatic rings. The first-order chi connectivity index (χ1) is 15.5. The van der Waals surface area contributed by atoms with E-state index in [0.717, 1.165) is 30.5 Å². The van der Waals surface area contributed by atoms with E-state index in [4.69, 9.17) is 0 Å². The number of nitroso groups, excluding NO2 is 1. The van der Waals surface area contributed by atoms with Crippen LogP contribution in [0.25, 0.3) is 12.2 Å². The quantitative estimate of drug-likeness (QED) is 0.675. The molecular formula is C24H29N5O3. The highest BCUT2D eigenvalue weighted by molar-refractivity contribution is 5.78. The second-order valence-electron chi connectivity index (χ2n) is 8.75. The van der Waals surface area contributed by atoms with Gasteiger partial charge in [0.25, 0.3) is 5.56 Å². The third-order valence-corrected chi connectivity index (χ3v) is 6.40. The van der Waals surface area contributed by atoms with Crippen molar-refractivity contribution in [1.29, 1.82) is 0 Å². The Morgan fingerprint density at radius 3 is 2.75 bits per heavy atom. The van der Waals surface area contributed by atoms with Crippen molar-refractivity contribution < 1.29 is 4.79 Å². The SMILES string of the molecule is CC1=CC=c2c(ncn(CC3(N=O)CCN(C(=O)CNC4=CCCC=C4)CC3)c2=O)=CC1. The van der Waals surface area contributed by atoms with E-state index >= 15 is 0 Å². The molecule has 0 bridgehead atoms. The Labute approximate surface area is 186 Å². The number of likely N-dealkylation sites (tertiary alicyclic amines) is 1. The lowest BCUT2D eigenvalue weighted by atomic mass is 9.88. The standard InChI is InChI=1S/C24H29N5O3/c1-18-7-9-20-21(10-8-18)26-17-29(23(20)31)16-24(27-32)11-13-28(14-12-24)22(30)15-25-19-5-3-2-4-6-19/h3,5-7,9-10,17,25H,2,4,8,11-16H2,1H3. The van der Waals surface area contributed by atoms with Gasteiger partial charge in [-0.25, -0.2) is 4.98 Å². The van der Waals surface area contributed by atoms with Gasteiger partial charge < -0.3 is 10.2 Å². The Morgan fingerprint density at radius 2 is 2.03 bits per heavy atom. The summed E-state index contributed by atoms with van der Waals surface area (Å²) < 4.78 is 1.49. The number of rotatable bonds is 6. The minimum atomic E-state index is -0.918. The normalized spacial score (nSPS) is 19.5. The van der Waals surface area contributed by atoms with Crippen molar-refractivity contribution in [1.82, 2.24) is 19.8 Å². The topological polar surface area (TPSA) is 96.7 Å². The van der Waals surface area contributed by atoms with Gasteiger partial charge in [0.1, 0.15) is 5.54 Å². The van der Waals surface area contributed by atoms with Crippen molar-refractivity contribution in [2.24, 2.45) is 5.18 Å². The van der Waals surface area contributed by atoms with Crippen molar-refractivity contribution in [2.45, 2.75) is 51.1 Å². The van der Waals surface area contributed by atoms with Gasteiger partial charge in [-0.3, -0.25) is 14.2 Å². The fourth-order valence-corrected chi connectivity index (χ4v) is 4.30. The van der Waals surface area contributed by atoms with Crippen LogP contribution in [0.1, 0.15) is 39.0 Å². The zero-order chi connectivity index (χ0) is 22.6. The van der Waals surface area contributed by atoms with Crippen molar-refractivity contribution in [3.05, 3.63) is 67.7 Å². The maximum absolute atomic E-state index is 13.0. The number of hydrogen-bond acceptors (Lipinski definition) is 6. The molecule has 0 aromatic carbocycles. The molecule has 1 amide bonds. The van der Waals surface area contributed by atoms with E-state index in [1.54, 1.807) is 11.0 Å². The molecule has 4 rings (SSSR count). The summed E-state index contributed by atoms with van der Waals surface area (Å²) >= 11 is 0. The van der Waals surface area contributed by atoms with E-state index in [1.807, 2.05) is 25.2 Å². The number of hydrogen-bond donors (Lipinski definition) is 1. The van der Waals surface area contributed by atoms with Crippen LogP contribution < -0.4 is 21.4 Å². The molecular weight excluding hydrogens is 406 g/mol. The van der Waals surface area contributed by atoms with E-state index < -0.39 is 5.54 Å². The van der Waals surface area contributed by atoms with Gasteiger partial charge in [-0.15, -0.1) is 0 Å². The molecule has 1 aromatic heterocycles. The Morgan fingerprint density at radius 1 is 1.22 bits per heavy atom. The number of carbonyl (C=O) groups is 1. The first kappa shape index (κ1) is 21.9. The van der Waals surface area contributed by atoms with Crippen LogP contribution in [0, 0.1) is 4.91 Å². The molecule has 2 heterocycles. The first-order valence-electron chi connectivity index (χ1n) is 11.2. The van der Waals surface area contributed by atoms with Gasteiger partial charge >= 0.3 is 0 Å². The number of piperidine rings is 1. The lowest BCUT2D eigenvalue weighted by molar-refractivity contribution is -0.131. The Hall–Kier alpha value is -3.29. The highest BCUT2D eigenvalue weighted by Crippen LogP contribution is 2.28. The molecule has 32 heavy (non-hydrogen) atoms. The molecule has 3 aliphatic rings. The second kappa shape index (κ2) is 9.46. The summed E-state index contributed by atoms with van der Waals surface area (Å²) in [5, 5.41) is 7.81. The second-order valence-corrected chi connectivity index (χ2v) is 8.75. The number of allylic oxidation sites excluding steroid dienone is 5. The van der Waals surface area contributed by atoms with Gasteiger partial charge in [0.15, 0.2) is 0 Å². The summed E-state index contributed by atoms with van der Waals surface area (Å²) in [6.07, 6.45) is 17.0. The van der Waals surface area contributed by atoms with Crippen LogP contribution in [0.2, 0.25) is 0 Å². The molecule has 1 fully saturated rings. The fraction of sp³-hybridized carbons (Fsp3) is 0.458. The average Bonchev–Trinajstić information content (AvgIpc) is 3.02. The number of amides is 1. The van der Waals surface area contributed by atoms with E-state index in [0.29, 0.717) is 36.5 Å². The summed E-state index contributed by atoms with van der Waals surface area (Å²) in [5.41, 5.74) is 1.04. The van der Waals surface area contributed by atoms with Crippen molar-refractivity contribution in [3.63, 3.8) is 0 Å². The number of nitrogens with one attached hydrogen (secondary N) is 1. The molecule has 1 aliphatic heterocycles. The Balaban J connectivity index is 1.42. The van der Waals surface area contributed by atoms with E-state index in [2.05, 4.69) is 27.6 Å². The van der Waals surface area contributed by atoms with Gasteiger partial charge in [-0.2, -0.15) is 4.91 Å². The Kier molecular flexibility index (Phi) is 6.48. The Bertz CT molecular complexity index is 1170. The smallest absolute Gasteiger partial charge is 0.261 e. The van der Waals surface area contributed by atoms with Crippen LogP contribution in [0.4, 0.5) is 0 Å². The summed E-state index contributed by atoms with van der Waals surface area (Å²) in [7, 11) is 0. The van der Waals surface area contributed by atoms with E-state index in [-0.39, 0.29) is 24.6 Å². The first-order valence-corrected chi connectivity index (χ1v) is 11.2. The van der Waals surface area contributed by atoms with Crippen molar-refractivity contribution >= 4 is 18.1 Å². The molecule has 8 heteroatoms. The van der Waals surface area contributed by atoms with Gasteiger partial charge in [-0.1, -0.05) is 35.1 Å². The van der Waals surface area contributed by atoms with Crippen LogP contribution in [0.3, 0.4) is 0 Å². The predicted molar refractivity (Wildman–Crippen MR) is 124 cm³/mol. The van der Waals surface area contributed by atoms with Crippen LogP contribution in [0.5, 0.6) is 0 Å². The molecule has 8 nitrogen and oxygen atoms in total. The van der Waals surface area contributed by atoms with Crippen LogP contribution in [-0.2, 0) is 11.3 Å². The molecule has 2 aliphatic carbocycles. The summed E-state index contributed by atoms with van der Waals surface area (Å²) in [5.74, 6) is 0.000492. The number of nitrogens with zero attached hydrogens (tertiary/aromatic N) is 4. The van der Waals surface area contributed by atoms with Gasteiger partial charge in [0.05, 0.1) is 30.0 Å². The minimum Gasteiger partial charge on any atom is -0.376 e. The number of fused-ring (bicyclic) bond motifs is 1. The maximum atomic E-state index is 13.0. The third kappa shape index (κ3) is 4.79. The van der Waals surface area contributed by atoms with Crippen LogP contribution >= 0.6 is 0 Å². The zero-order valence-corrected chi connectivity index (χ0v) is 18.4. The molecule has 168 valence electrons. The molecule has 0 radical (unpaired) electrons. The molecule has 0 unspecified atom stereocenters. The van der Waals surface area contributed by atoms with Gasteiger partial charge in [0.2, 0.25) is 5.91 Å². The predicted octanol–water partition coefficient (Wildman–Crippen LogP) is 1.11. The summed E-state index contributed by atoms with van der Waals surface area (Å²) in [4.78, 5) is 43.7.